The second-order valence-corrected chi connectivity index (χ2v) is 6.44. The van der Waals surface area contributed by atoms with Crippen LogP contribution in [0.4, 0.5) is 10.8 Å². The van der Waals surface area contributed by atoms with E-state index in [0.29, 0.717) is 17.2 Å². The molecule has 2 heterocycles. The molecule has 0 aliphatic carbocycles. The lowest BCUT2D eigenvalue weighted by Crippen LogP contribution is -2.12. The molecule has 8 nitrogen and oxygen atoms in total. The van der Waals surface area contributed by atoms with Crippen LogP contribution in [0.1, 0.15) is 0 Å². The van der Waals surface area contributed by atoms with Crippen molar-refractivity contribution in [2.24, 2.45) is 0 Å². The molecule has 1 aliphatic heterocycles. The molecule has 0 spiro atoms. The van der Waals surface area contributed by atoms with Gasteiger partial charge in [0.05, 0.1) is 5.69 Å². The Morgan fingerprint density at radius 3 is 2.79 bits per heavy atom. The number of nitrogens with two attached hydrogens (primary N) is 1. The smallest absolute Gasteiger partial charge is 0.291 e. The van der Waals surface area contributed by atoms with Gasteiger partial charge in [0.15, 0.2) is 11.5 Å². The van der Waals surface area contributed by atoms with Crippen molar-refractivity contribution >= 4 is 32.2 Å². The largest absolute Gasteiger partial charge is 0.454 e. The van der Waals surface area contributed by atoms with Gasteiger partial charge in [-0.15, -0.1) is 10.2 Å². The SMILES string of the molecule is Nc1nnc(S(=O)(=O)Nc2ccc3c(c2)OCO3)s1. The molecule has 1 aromatic carbocycles. The Bertz CT molecular complexity index is 728. The van der Waals surface area contributed by atoms with Crippen LogP contribution in [0.15, 0.2) is 22.5 Å². The molecule has 3 N–H and O–H groups in total. The Labute approximate surface area is 112 Å². The van der Waals surface area contributed by atoms with Gasteiger partial charge >= 0.3 is 0 Å². The molecule has 0 radical (unpaired) electrons. The van der Waals surface area contributed by atoms with E-state index in [9.17, 15) is 8.42 Å². The Morgan fingerprint density at radius 2 is 2.05 bits per heavy atom. The van der Waals surface area contributed by atoms with Crippen LogP contribution in [-0.2, 0) is 10.0 Å². The number of anilines is 2. The molecule has 10 heteroatoms. The van der Waals surface area contributed by atoms with Crippen molar-refractivity contribution < 1.29 is 17.9 Å². The molecule has 2 aromatic rings. The zero-order chi connectivity index (χ0) is 13.5. The van der Waals surface area contributed by atoms with E-state index in [4.69, 9.17) is 15.2 Å². The summed E-state index contributed by atoms with van der Waals surface area (Å²) in [6.45, 7) is 0.123. The van der Waals surface area contributed by atoms with E-state index >= 15 is 0 Å². The molecule has 0 fully saturated rings. The van der Waals surface area contributed by atoms with Crippen molar-refractivity contribution in [2.45, 2.75) is 4.34 Å². The maximum atomic E-state index is 12.0. The second-order valence-electron chi connectivity index (χ2n) is 3.58. The number of fused-ring (bicyclic) bond motifs is 1. The van der Waals surface area contributed by atoms with Crippen molar-refractivity contribution in [1.82, 2.24) is 10.2 Å². The summed E-state index contributed by atoms with van der Waals surface area (Å²) in [5.41, 5.74) is 5.70. The topological polar surface area (TPSA) is 116 Å². The molecule has 1 aromatic heterocycles. The monoisotopic (exact) mass is 300 g/mol. The van der Waals surface area contributed by atoms with Gasteiger partial charge in [0.1, 0.15) is 0 Å². The zero-order valence-electron chi connectivity index (χ0n) is 9.36. The van der Waals surface area contributed by atoms with Gasteiger partial charge in [0.25, 0.3) is 14.4 Å². The third kappa shape index (κ3) is 2.27. The van der Waals surface area contributed by atoms with Crippen molar-refractivity contribution in [3.05, 3.63) is 18.2 Å². The van der Waals surface area contributed by atoms with Crippen LogP contribution in [0.25, 0.3) is 0 Å². The number of hydrogen-bond acceptors (Lipinski definition) is 8. The number of benzene rings is 1. The summed E-state index contributed by atoms with van der Waals surface area (Å²) in [4.78, 5) is 0. The van der Waals surface area contributed by atoms with Crippen LogP contribution in [0.2, 0.25) is 0 Å². The maximum absolute atomic E-state index is 12.0. The van der Waals surface area contributed by atoms with Crippen LogP contribution in [-0.4, -0.2) is 25.4 Å². The summed E-state index contributed by atoms with van der Waals surface area (Å²) in [5.74, 6) is 1.06. The van der Waals surface area contributed by atoms with Crippen LogP contribution < -0.4 is 19.9 Å². The predicted molar refractivity (Wildman–Crippen MR) is 67.7 cm³/mol. The Kier molecular flexibility index (Phi) is 2.68. The molecule has 100 valence electrons. The quantitative estimate of drug-likeness (QED) is 0.854. The van der Waals surface area contributed by atoms with Crippen LogP contribution >= 0.6 is 11.3 Å². The second kappa shape index (κ2) is 4.24. The summed E-state index contributed by atoms with van der Waals surface area (Å²) in [7, 11) is -3.79. The zero-order valence-corrected chi connectivity index (χ0v) is 11.0. The van der Waals surface area contributed by atoms with Gasteiger partial charge in [-0.1, -0.05) is 11.3 Å². The average molecular weight is 300 g/mol. The lowest BCUT2D eigenvalue weighted by Gasteiger charge is -2.05. The molecule has 3 rings (SSSR count). The van der Waals surface area contributed by atoms with Gasteiger partial charge in [-0.25, -0.2) is 0 Å². The average Bonchev–Trinajstić information content (AvgIpc) is 2.96. The molecule has 0 saturated heterocycles. The summed E-state index contributed by atoms with van der Waals surface area (Å²) < 4.78 is 36.4. The first-order valence-electron chi connectivity index (χ1n) is 5.06. The third-order valence-electron chi connectivity index (χ3n) is 2.28. The minimum Gasteiger partial charge on any atom is -0.454 e. The van der Waals surface area contributed by atoms with E-state index in [0.717, 1.165) is 11.3 Å². The summed E-state index contributed by atoms with van der Waals surface area (Å²) >= 11 is 0.789. The first kappa shape index (κ1) is 12.0. The van der Waals surface area contributed by atoms with Gasteiger partial charge < -0.3 is 15.2 Å². The number of nitrogens with zero attached hydrogens (tertiary/aromatic N) is 2. The fourth-order valence-electron chi connectivity index (χ4n) is 1.49. The number of hydrogen-bond donors (Lipinski definition) is 2. The highest BCUT2D eigenvalue weighted by molar-refractivity contribution is 7.94. The Balaban J connectivity index is 1.89. The van der Waals surface area contributed by atoms with E-state index in [1.54, 1.807) is 12.1 Å². The first-order valence-corrected chi connectivity index (χ1v) is 7.36. The molecule has 0 atom stereocenters. The van der Waals surface area contributed by atoms with E-state index < -0.39 is 10.0 Å². The van der Waals surface area contributed by atoms with Gasteiger partial charge in [-0.05, 0) is 12.1 Å². The number of nitrogen functional groups attached to an aromatic ring is 1. The highest BCUT2D eigenvalue weighted by Gasteiger charge is 2.21. The number of sulfonamides is 1. The van der Waals surface area contributed by atoms with E-state index in [2.05, 4.69) is 14.9 Å². The highest BCUT2D eigenvalue weighted by Crippen LogP contribution is 2.34. The Hall–Kier alpha value is -2.07. The number of aromatic nitrogens is 2. The number of rotatable bonds is 3. The van der Waals surface area contributed by atoms with Crippen molar-refractivity contribution in [3.63, 3.8) is 0 Å². The van der Waals surface area contributed by atoms with Crippen molar-refractivity contribution in [1.29, 1.82) is 0 Å². The molecule has 19 heavy (non-hydrogen) atoms. The normalized spacial score (nSPS) is 13.5. The predicted octanol–water partition coefficient (Wildman–Crippen LogP) is 0.650. The number of nitrogens with one attached hydrogen (secondary N) is 1. The first-order chi connectivity index (χ1) is 9.04. The minimum absolute atomic E-state index is 0.0889. The third-order valence-corrected chi connectivity index (χ3v) is 4.78. The lowest BCUT2D eigenvalue weighted by molar-refractivity contribution is 0.174. The van der Waals surface area contributed by atoms with Gasteiger partial charge in [0, 0.05) is 6.07 Å². The Morgan fingerprint density at radius 1 is 1.26 bits per heavy atom. The van der Waals surface area contributed by atoms with E-state index in [1.807, 2.05) is 0 Å². The van der Waals surface area contributed by atoms with Crippen LogP contribution in [0.3, 0.4) is 0 Å². The van der Waals surface area contributed by atoms with Crippen LogP contribution in [0.5, 0.6) is 11.5 Å². The van der Waals surface area contributed by atoms with Gasteiger partial charge in [0.2, 0.25) is 11.9 Å². The molecular weight excluding hydrogens is 292 g/mol. The molecule has 1 aliphatic rings. The standard InChI is InChI=1S/C9H8N4O4S2/c10-8-11-12-9(18-8)19(14,15)13-5-1-2-6-7(3-5)17-4-16-6/h1-3,13H,4H2,(H2,10,11). The summed E-state index contributed by atoms with van der Waals surface area (Å²) in [6, 6.07) is 4.72. The van der Waals surface area contributed by atoms with Gasteiger partial charge in [-0.3, -0.25) is 4.72 Å². The highest BCUT2D eigenvalue weighted by atomic mass is 32.2. The van der Waals surface area contributed by atoms with Crippen molar-refractivity contribution in [3.8, 4) is 11.5 Å². The minimum atomic E-state index is -3.79. The maximum Gasteiger partial charge on any atom is 0.291 e. The molecule has 0 bridgehead atoms. The fourth-order valence-corrected chi connectivity index (χ4v) is 3.32. The molecular formula is C9H8N4O4S2. The summed E-state index contributed by atoms with van der Waals surface area (Å²) in [5, 5.41) is 7.05. The van der Waals surface area contributed by atoms with Crippen molar-refractivity contribution in [2.75, 3.05) is 17.2 Å². The van der Waals surface area contributed by atoms with Gasteiger partial charge in [-0.2, -0.15) is 8.42 Å². The van der Waals surface area contributed by atoms with E-state index in [1.165, 1.54) is 6.07 Å². The summed E-state index contributed by atoms with van der Waals surface area (Å²) in [6.07, 6.45) is 0. The van der Waals surface area contributed by atoms with Crippen LogP contribution in [0, 0.1) is 0 Å². The fraction of sp³-hybridized carbons (Fsp3) is 0.111. The molecule has 0 saturated carbocycles. The molecule has 0 unspecified atom stereocenters. The van der Waals surface area contributed by atoms with E-state index in [-0.39, 0.29) is 16.3 Å². The lowest BCUT2D eigenvalue weighted by atomic mass is 10.3. The number of ether oxygens (including phenoxy) is 2. The molecule has 0 amide bonds.